The largest absolute Gasteiger partial charge is 0.480 e. The molecule has 0 bridgehead atoms. The second-order valence-corrected chi connectivity index (χ2v) is 4.97. The molecule has 7 heteroatoms. The first-order valence-corrected chi connectivity index (χ1v) is 6.42. The summed E-state index contributed by atoms with van der Waals surface area (Å²) < 4.78 is 0. The number of thioether (sulfide) groups is 1. The first kappa shape index (κ1) is 13.8. The van der Waals surface area contributed by atoms with Crippen molar-refractivity contribution in [1.82, 2.24) is 10.2 Å². The second-order valence-electron chi connectivity index (χ2n) is 3.76. The van der Waals surface area contributed by atoms with E-state index >= 15 is 0 Å². The first-order valence-electron chi connectivity index (χ1n) is 5.37. The van der Waals surface area contributed by atoms with Crippen LogP contribution in [-0.2, 0) is 14.4 Å². The number of nitrogens with zero attached hydrogens (tertiary/aromatic N) is 1. The minimum atomic E-state index is -0.996. The van der Waals surface area contributed by atoms with Gasteiger partial charge in [-0.05, 0) is 6.42 Å². The molecule has 0 aromatic heterocycles. The molecule has 1 rings (SSSR count). The summed E-state index contributed by atoms with van der Waals surface area (Å²) in [6.45, 7) is 3.08. The van der Waals surface area contributed by atoms with Crippen LogP contribution in [0.25, 0.3) is 0 Å². The number of carbonyl (C=O) groups excluding carboxylic acids is 2. The van der Waals surface area contributed by atoms with Crippen LogP contribution in [0.5, 0.6) is 0 Å². The number of hydrogen-bond donors (Lipinski definition) is 2. The van der Waals surface area contributed by atoms with Crippen molar-refractivity contribution >= 4 is 29.5 Å². The molecule has 0 spiro atoms. The smallest absolute Gasteiger partial charge is 0.327 e. The lowest BCUT2D eigenvalue weighted by Gasteiger charge is -2.26. The van der Waals surface area contributed by atoms with Gasteiger partial charge in [0.05, 0.1) is 11.9 Å². The van der Waals surface area contributed by atoms with Crippen LogP contribution in [0.2, 0.25) is 0 Å². The number of amides is 2. The molecule has 0 radical (unpaired) electrons. The highest BCUT2D eigenvalue weighted by atomic mass is 32.2. The quantitative estimate of drug-likeness (QED) is 0.736. The molecule has 0 aromatic carbocycles. The van der Waals surface area contributed by atoms with Crippen molar-refractivity contribution in [1.29, 1.82) is 0 Å². The van der Waals surface area contributed by atoms with Crippen molar-refractivity contribution in [2.75, 3.05) is 12.3 Å². The molecule has 2 amide bonds. The molecular weight excluding hydrogens is 244 g/mol. The zero-order valence-electron chi connectivity index (χ0n) is 9.80. The summed E-state index contributed by atoms with van der Waals surface area (Å²) in [5.41, 5.74) is 0. The predicted octanol–water partition coefficient (Wildman–Crippen LogP) is -0.113. The van der Waals surface area contributed by atoms with Gasteiger partial charge in [-0.25, -0.2) is 4.79 Å². The van der Waals surface area contributed by atoms with Gasteiger partial charge >= 0.3 is 5.97 Å². The van der Waals surface area contributed by atoms with Gasteiger partial charge in [-0.3, -0.25) is 9.59 Å². The van der Waals surface area contributed by atoms with Crippen LogP contribution in [0.1, 0.15) is 20.3 Å². The van der Waals surface area contributed by atoms with Crippen LogP contribution in [-0.4, -0.2) is 51.5 Å². The topological polar surface area (TPSA) is 86.7 Å². The molecule has 2 N–H and O–H groups in total. The summed E-state index contributed by atoms with van der Waals surface area (Å²) in [5, 5.41) is 11.3. The molecule has 2 unspecified atom stereocenters. The van der Waals surface area contributed by atoms with E-state index in [1.807, 2.05) is 6.92 Å². The molecule has 0 aromatic rings. The Morgan fingerprint density at radius 1 is 1.47 bits per heavy atom. The van der Waals surface area contributed by atoms with Gasteiger partial charge in [0.25, 0.3) is 0 Å². The SMILES string of the molecule is CCC1SCC(C(=O)O)N1C(=O)CNC(C)=O. The average Bonchev–Trinajstić information content (AvgIpc) is 2.69. The van der Waals surface area contributed by atoms with Gasteiger partial charge in [0.2, 0.25) is 11.8 Å². The summed E-state index contributed by atoms with van der Waals surface area (Å²) >= 11 is 1.46. The number of hydrogen-bond acceptors (Lipinski definition) is 4. The van der Waals surface area contributed by atoms with Crippen LogP contribution < -0.4 is 5.32 Å². The number of carboxylic acid groups (broad SMARTS) is 1. The van der Waals surface area contributed by atoms with Crippen molar-refractivity contribution in [3.8, 4) is 0 Å². The fourth-order valence-corrected chi connectivity index (χ4v) is 3.06. The van der Waals surface area contributed by atoms with Crippen molar-refractivity contribution in [2.45, 2.75) is 31.7 Å². The maximum absolute atomic E-state index is 11.9. The molecule has 0 saturated carbocycles. The maximum atomic E-state index is 11.9. The monoisotopic (exact) mass is 260 g/mol. The van der Waals surface area contributed by atoms with Crippen LogP contribution in [0.3, 0.4) is 0 Å². The summed E-state index contributed by atoms with van der Waals surface area (Å²) in [7, 11) is 0. The van der Waals surface area contributed by atoms with Gasteiger partial charge in [0.15, 0.2) is 0 Å². The Kier molecular flexibility index (Phi) is 4.80. The number of nitrogens with one attached hydrogen (secondary N) is 1. The summed E-state index contributed by atoms with van der Waals surface area (Å²) in [6, 6.07) is -0.786. The van der Waals surface area contributed by atoms with E-state index in [1.165, 1.54) is 23.6 Å². The molecule has 1 aliphatic heterocycles. The van der Waals surface area contributed by atoms with E-state index in [0.29, 0.717) is 12.2 Å². The van der Waals surface area contributed by atoms with Gasteiger partial charge in [-0.2, -0.15) is 0 Å². The number of carbonyl (C=O) groups is 3. The van der Waals surface area contributed by atoms with E-state index in [9.17, 15) is 14.4 Å². The molecule has 2 atom stereocenters. The lowest BCUT2D eigenvalue weighted by atomic mass is 10.2. The van der Waals surface area contributed by atoms with Gasteiger partial charge in [-0.1, -0.05) is 6.92 Å². The van der Waals surface area contributed by atoms with Crippen molar-refractivity contribution in [3.05, 3.63) is 0 Å². The van der Waals surface area contributed by atoms with Crippen molar-refractivity contribution in [2.24, 2.45) is 0 Å². The Morgan fingerprint density at radius 3 is 2.59 bits per heavy atom. The Hall–Kier alpha value is -1.24. The third kappa shape index (κ3) is 3.36. The third-order valence-electron chi connectivity index (χ3n) is 2.50. The fourth-order valence-electron chi connectivity index (χ4n) is 1.69. The lowest BCUT2D eigenvalue weighted by molar-refractivity contribution is -0.148. The van der Waals surface area contributed by atoms with E-state index in [4.69, 9.17) is 5.11 Å². The van der Waals surface area contributed by atoms with Gasteiger partial charge in [-0.15, -0.1) is 11.8 Å². The van der Waals surface area contributed by atoms with Crippen LogP contribution in [0, 0.1) is 0 Å². The minimum Gasteiger partial charge on any atom is -0.480 e. The van der Waals surface area contributed by atoms with E-state index in [2.05, 4.69) is 5.32 Å². The van der Waals surface area contributed by atoms with E-state index in [0.717, 1.165) is 0 Å². The Labute approximate surface area is 104 Å². The molecule has 1 fully saturated rings. The van der Waals surface area contributed by atoms with Gasteiger partial charge < -0.3 is 15.3 Å². The predicted molar refractivity (Wildman–Crippen MR) is 63.5 cm³/mol. The molecule has 1 aliphatic rings. The number of rotatable bonds is 4. The molecule has 96 valence electrons. The normalized spacial score (nSPS) is 23.5. The maximum Gasteiger partial charge on any atom is 0.327 e. The Balaban J connectivity index is 2.70. The molecule has 6 nitrogen and oxygen atoms in total. The molecular formula is C10H16N2O4S. The van der Waals surface area contributed by atoms with Crippen LogP contribution >= 0.6 is 11.8 Å². The van der Waals surface area contributed by atoms with Gasteiger partial charge in [0, 0.05) is 12.7 Å². The van der Waals surface area contributed by atoms with Crippen LogP contribution in [0.15, 0.2) is 0 Å². The average molecular weight is 260 g/mol. The summed E-state index contributed by atoms with van der Waals surface area (Å²) in [5.74, 6) is -1.24. The second kappa shape index (κ2) is 5.90. The fraction of sp³-hybridized carbons (Fsp3) is 0.700. The standard InChI is InChI=1S/C10H16N2O4S/c1-3-9-12(7(5-17-9)10(15)16)8(14)4-11-6(2)13/h7,9H,3-5H2,1-2H3,(H,11,13)(H,15,16). The van der Waals surface area contributed by atoms with E-state index < -0.39 is 12.0 Å². The van der Waals surface area contributed by atoms with Crippen LogP contribution in [0.4, 0.5) is 0 Å². The molecule has 17 heavy (non-hydrogen) atoms. The zero-order valence-corrected chi connectivity index (χ0v) is 10.6. The molecule has 0 aliphatic carbocycles. The minimum absolute atomic E-state index is 0.114. The summed E-state index contributed by atoms with van der Waals surface area (Å²) in [4.78, 5) is 35.0. The Morgan fingerprint density at radius 2 is 2.12 bits per heavy atom. The summed E-state index contributed by atoms with van der Waals surface area (Å²) in [6.07, 6.45) is 0.695. The molecule has 1 saturated heterocycles. The number of carboxylic acids is 1. The third-order valence-corrected chi connectivity index (χ3v) is 3.96. The van der Waals surface area contributed by atoms with Gasteiger partial charge in [0.1, 0.15) is 6.04 Å². The zero-order chi connectivity index (χ0) is 13.0. The highest BCUT2D eigenvalue weighted by Gasteiger charge is 2.40. The Bertz CT molecular complexity index is 334. The molecule has 1 heterocycles. The number of aliphatic carboxylic acids is 1. The highest BCUT2D eigenvalue weighted by Crippen LogP contribution is 2.31. The van der Waals surface area contributed by atoms with E-state index in [1.54, 1.807) is 0 Å². The van der Waals surface area contributed by atoms with Crippen molar-refractivity contribution < 1.29 is 19.5 Å². The van der Waals surface area contributed by atoms with E-state index in [-0.39, 0.29) is 23.7 Å². The highest BCUT2D eigenvalue weighted by molar-refractivity contribution is 8.00. The lowest BCUT2D eigenvalue weighted by Crippen LogP contribution is -2.49. The first-order chi connectivity index (χ1) is 7.97. The van der Waals surface area contributed by atoms with Crippen molar-refractivity contribution in [3.63, 3.8) is 0 Å².